The van der Waals surface area contributed by atoms with Gasteiger partial charge in [0.15, 0.2) is 0 Å². The van der Waals surface area contributed by atoms with Crippen LogP contribution < -0.4 is 11.3 Å². The van der Waals surface area contributed by atoms with Crippen LogP contribution in [0.1, 0.15) is 32.6 Å². The van der Waals surface area contributed by atoms with Gasteiger partial charge < -0.3 is 0 Å². The van der Waals surface area contributed by atoms with Crippen molar-refractivity contribution in [1.82, 2.24) is 5.43 Å². The molecule has 1 unspecified atom stereocenters. The third kappa shape index (κ3) is 2.04. The van der Waals surface area contributed by atoms with Crippen molar-refractivity contribution in [3.05, 3.63) is 12.7 Å². The lowest BCUT2D eigenvalue weighted by molar-refractivity contribution is 0.344. The first kappa shape index (κ1) is 8.75. The van der Waals surface area contributed by atoms with Crippen molar-refractivity contribution in [2.45, 2.75) is 38.6 Å². The Kier molecular flexibility index (Phi) is 2.68. The monoisotopic (exact) mass is 154 g/mol. The van der Waals surface area contributed by atoms with Gasteiger partial charge in [-0.1, -0.05) is 13.0 Å². The molecule has 3 N–H and O–H groups in total. The fraction of sp³-hybridized carbons (Fsp3) is 0.778. The summed E-state index contributed by atoms with van der Waals surface area (Å²) in [6, 6.07) is 0.487. The zero-order valence-corrected chi connectivity index (χ0v) is 7.27. The normalized spacial score (nSPS) is 22.7. The average molecular weight is 154 g/mol. The summed E-state index contributed by atoms with van der Waals surface area (Å²) in [5.74, 6) is 5.46. The van der Waals surface area contributed by atoms with Crippen LogP contribution in [0.15, 0.2) is 12.7 Å². The van der Waals surface area contributed by atoms with Gasteiger partial charge in [0.25, 0.3) is 0 Å². The van der Waals surface area contributed by atoms with E-state index in [1.165, 1.54) is 12.8 Å². The van der Waals surface area contributed by atoms with Crippen LogP contribution in [0.25, 0.3) is 0 Å². The van der Waals surface area contributed by atoms with Crippen molar-refractivity contribution in [2.75, 3.05) is 0 Å². The molecule has 1 atom stereocenters. The minimum atomic E-state index is 0.484. The van der Waals surface area contributed by atoms with Crippen LogP contribution >= 0.6 is 0 Å². The van der Waals surface area contributed by atoms with E-state index in [4.69, 9.17) is 5.84 Å². The number of nitrogens with two attached hydrogens (primary N) is 1. The Morgan fingerprint density at radius 2 is 2.36 bits per heavy atom. The van der Waals surface area contributed by atoms with Crippen LogP contribution in [0.4, 0.5) is 0 Å². The molecule has 0 amide bonds. The van der Waals surface area contributed by atoms with Gasteiger partial charge in [0.2, 0.25) is 0 Å². The molecule has 0 heterocycles. The highest BCUT2D eigenvalue weighted by atomic mass is 15.2. The number of hydrazine groups is 1. The number of rotatable bonds is 5. The standard InChI is InChI=1S/C9H18N2/c1-3-4-5-8(11-10)9(2)6-7-9/h3,8,11H,1,4-7,10H2,2H3. The molecule has 1 aliphatic rings. The second kappa shape index (κ2) is 3.37. The first-order valence-corrected chi connectivity index (χ1v) is 4.30. The van der Waals surface area contributed by atoms with Crippen molar-refractivity contribution < 1.29 is 0 Å². The van der Waals surface area contributed by atoms with E-state index in [1.54, 1.807) is 0 Å². The zero-order valence-electron chi connectivity index (χ0n) is 7.27. The van der Waals surface area contributed by atoms with Crippen molar-refractivity contribution in [2.24, 2.45) is 11.3 Å². The van der Waals surface area contributed by atoms with Crippen LogP contribution in [-0.4, -0.2) is 6.04 Å². The van der Waals surface area contributed by atoms with E-state index in [0.717, 1.165) is 12.8 Å². The maximum absolute atomic E-state index is 5.46. The van der Waals surface area contributed by atoms with Crippen LogP contribution in [0.5, 0.6) is 0 Å². The Morgan fingerprint density at radius 1 is 1.73 bits per heavy atom. The predicted molar refractivity (Wildman–Crippen MR) is 47.9 cm³/mol. The molecule has 1 fully saturated rings. The molecular formula is C9H18N2. The molecule has 0 spiro atoms. The molecular weight excluding hydrogens is 136 g/mol. The molecule has 0 aliphatic heterocycles. The Labute approximate surface area is 68.8 Å². The summed E-state index contributed by atoms with van der Waals surface area (Å²) in [6.07, 6.45) is 6.77. The van der Waals surface area contributed by atoms with E-state index < -0.39 is 0 Å². The summed E-state index contributed by atoms with van der Waals surface area (Å²) in [7, 11) is 0. The molecule has 0 aromatic carbocycles. The molecule has 0 aromatic heterocycles. The highest BCUT2D eigenvalue weighted by Crippen LogP contribution is 2.49. The molecule has 64 valence electrons. The van der Waals surface area contributed by atoms with Gasteiger partial charge in [0.1, 0.15) is 0 Å². The van der Waals surface area contributed by atoms with Crippen LogP contribution in [0.2, 0.25) is 0 Å². The summed E-state index contributed by atoms with van der Waals surface area (Å²) in [6.45, 7) is 5.99. The molecule has 1 rings (SSSR count). The molecule has 0 aromatic rings. The average Bonchev–Trinajstić information content (AvgIpc) is 2.71. The lowest BCUT2D eigenvalue weighted by Crippen LogP contribution is -2.40. The van der Waals surface area contributed by atoms with Crippen molar-refractivity contribution in [3.8, 4) is 0 Å². The van der Waals surface area contributed by atoms with E-state index in [2.05, 4.69) is 18.9 Å². The lowest BCUT2D eigenvalue weighted by Gasteiger charge is -2.21. The first-order valence-electron chi connectivity index (χ1n) is 4.30. The summed E-state index contributed by atoms with van der Waals surface area (Å²) in [5.41, 5.74) is 3.38. The Balaban J connectivity index is 2.30. The molecule has 1 saturated carbocycles. The second-order valence-corrected chi connectivity index (χ2v) is 3.74. The van der Waals surface area contributed by atoms with Crippen molar-refractivity contribution in [3.63, 3.8) is 0 Å². The van der Waals surface area contributed by atoms with E-state index in [1.807, 2.05) is 6.08 Å². The minimum Gasteiger partial charge on any atom is -0.271 e. The third-order valence-electron chi connectivity index (χ3n) is 2.74. The number of allylic oxidation sites excluding steroid dienone is 1. The number of hydrogen-bond acceptors (Lipinski definition) is 2. The molecule has 0 saturated heterocycles. The molecule has 11 heavy (non-hydrogen) atoms. The van der Waals surface area contributed by atoms with Gasteiger partial charge in [0, 0.05) is 6.04 Å². The van der Waals surface area contributed by atoms with Gasteiger partial charge in [0.05, 0.1) is 0 Å². The second-order valence-electron chi connectivity index (χ2n) is 3.74. The highest BCUT2D eigenvalue weighted by Gasteiger charge is 2.43. The van der Waals surface area contributed by atoms with Gasteiger partial charge in [-0.05, 0) is 31.1 Å². The van der Waals surface area contributed by atoms with Gasteiger partial charge in [-0.3, -0.25) is 11.3 Å². The molecule has 2 heteroatoms. The fourth-order valence-electron chi connectivity index (χ4n) is 1.46. The minimum absolute atomic E-state index is 0.484. The third-order valence-corrected chi connectivity index (χ3v) is 2.74. The fourth-order valence-corrected chi connectivity index (χ4v) is 1.46. The molecule has 1 aliphatic carbocycles. The Morgan fingerprint density at radius 3 is 2.73 bits per heavy atom. The quantitative estimate of drug-likeness (QED) is 0.358. The Hall–Kier alpha value is -0.340. The van der Waals surface area contributed by atoms with E-state index in [-0.39, 0.29) is 0 Å². The number of nitrogens with one attached hydrogen (secondary N) is 1. The van der Waals surface area contributed by atoms with E-state index >= 15 is 0 Å². The SMILES string of the molecule is C=CCCC(NN)C1(C)CC1. The van der Waals surface area contributed by atoms with Gasteiger partial charge in [-0.2, -0.15) is 0 Å². The molecule has 0 bridgehead atoms. The number of hydrogen-bond donors (Lipinski definition) is 2. The van der Waals surface area contributed by atoms with E-state index in [9.17, 15) is 0 Å². The predicted octanol–water partition coefficient (Wildman–Crippen LogP) is 1.58. The molecule has 0 radical (unpaired) electrons. The van der Waals surface area contributed by atoms with Gasteiger partial charge in [-0.15, -0.1) is 6.58 Å². The molecule has 2 nitrogen and oxygen atoms in total. The maximum atomic E-state index is 5.46. The summed E-state index contributed by atoms with van der Waals surface area (Å²) >= 11 is 0. The summed E-state index contributed by atoms with van der Waals surface area (Å²) < 4.78 is 0. The van der Waals surface area contributed by atoms with Crippen molar-refractivity contribution >= 4 is 0 Å². The summed E-state index contributed by atoms with van der Waals surface area (Å²) in [4.78, 5) is 0. The van der Waals surface area contributed by atoms with Crippen LogP contribution in [0.3, 0.4) is 0 Å². The van der Waals surface area contributed by atoms with Crippen molar-refractivity contribution in [1.29, 1.82) is 0 Å². The maximum Gasteiger partial charge on any atom is 0.0267 e. The van der Waals surface area contributed by atoms with E-state index in [0.29, 0.717) is 11.5 Å². The first-order chi connectivity index (χ1) is 5.23. The smallest absolute Gasteiger partial charge is 0.0267 e. The van der Waals surface area contributed by atoms with Gasteiger partial charge >= 0.3 is 0 Å². The van der Waals surface area contributed by atoms with Crippen LogP contribution in [-0.2, 0) is 0 Å². The van der Waals surface area contributed by atoms with Gasteiger partial charge in [-0.25, -0.2) is 0 Å². The lowest BCUT2D eigenvalue weighted by atomic mass is 9.95. The summed E-state index contributed by atoms with van der Waals surface area (Å²) in [5, 5.41) is 0. The van der Waals surface area contributed by atoms with Crippen LogP contribution in [0, 0.1) is 5.41 Å². The Bertz CT molecular complexity index is 138. The highest BCUT2D eigenvalue weighted by molar-refractivity contribution is 4.98. The largest absolute Gasteiger partial charge is 0.271 e. The topological polar surface area (TPSA) is 38.0 Å². The zero-order chi connectivity index (χ0) is 8.32.